The number of benzene rings is 2. The Labute approximate surface area is 311 Å². The van der Waals surface area contributed by atoms with E-state index in [1.807, 2.05) is 55.5 Å². The fraction of sp³-hybridized carbons (Fsp3) is 0.500. The third-order valence-electron chi connectivity index (χ3n) is 8.42. The van der Waals surface area contributed by atoms with E-state index in [1.54, 1.807) is 14.2 Å². The van der Waals surface area contributed by atoms with E-state index in [2.05, 4.69) is 0 Å². The number of carboxylic acids is 4. The minimum atomic E-state index is -4.89. The third kappa shape index (κ3) is 16.2. The van der Waals surface area contributed by atoms with Gasteiger partial charge in [-0.2, -0.15) is 0 Å². The van der Waals surface area contributed by atoms with Crippen LogP contribution in [0, 0.1) is 0 Å². The van der Waals surface area contributed by atoms with Crippen LogP contribution < -0.4 is 24.8 Å². The largest absolute Gasteiger partial charge is 0.564 e. The molecule has 2 aromatic carbocycles. The first kappa shape index (κ1) is 45.5. The molecule has 0 aromatic heterocycles. The number of carbonyl (C=O) groups excluding carboxylic acids is 4. The van der Waals surface area contributed by atoms with Crippen LogP contribution in [0.4, 0.5) is 0 Å². The van der Waals surface area contributed by atoms with Gasteiger partial charge in [-0.3, -0.25) is 28.5 Å². The molecule has 0 amide bonds. The number of hydrogen-bond acceptors (Lipinski definition) is 16. The molecule has 20 heteroatoms. The molecule has 0 saturated heterocycles. The number of phosphoric acid groups is 1. The summed E-state index contributed by atoms with van der Waals surface area (Å²) in [6.45, 7) is -4.38. The van der Waals surface area contributed by atoms with Gasteiger partial charge in [-0.15, -0.1) is 0 Å². The molecule has 0 radical (unpaired) electrons. The first-order valence-corrected chi connectivity index (χ1v) is 18.0. The summed E-state index contributed by atoms with van der Waals surface area (Å²) in [5.41, 5.74) is 1.23. The lowest BCUT2D eigenvalue weighted by Gasteiger charge is -2.36. The molecule has 0 aliphatic carbocycles. The standard InChI is InChI=1S/C34H48N3O16P/c1-34(24-5-9-27(50-2)10-6-24,25-7-11-28(51-3)12-8-25)13-4-16-52-54(48,49)53-23-26(37(21-32(44)45)22-33(46)47)17-35(18-29(38)39)14-15-36(19-30(40)41)20-31(42)43/h5-12,26H,4,13-23H2,1-3H3,(H,38,39)(H,40,41)(H,42,43)(H,44,45)(H,46,47)(H,48,49)/p-2. The van der Waals surface area contributed by atoms with Gasteiger partial charge in [0.05, 0.1) is 51.9 Å². The highest BCUT2D eigenvalue weighted by atomic mass is 31.2. The number of carboxylic acid groups (broad SMARTS) is 4. The molecule has 4 N–H and O–H groups in total. The maximum Gasteiger partial charge on any atom is 0.530 e. The third-order valence-corrected chi connectivity index (χ3v) is 9.41. The average molecular weight is 784 g/mol. The van der Waals surface area contributed by atoms with E-state index in [9.17, 15) is 48.8 Å². The van der Waals surface area contributed by atoms with Crippen molar-refractivity contribution < 1.29 is 77.5 Å². The van der Waals surface area contributed by atoms with E-state index < -0.39 is 95.0 Å². The summed E-state index contributed by atoms with van der Waals surface area (Å²) in [5.74, 6) is -6.28. The summed E-state index contributed by atoms with van der Waals surface area (Å²) in [6.07, 6.45) is 0.664. The number of ether oxygens (including phenoxy) is 2. The number of aliphatic carboxylic acids is 4. The van der Waals surface area contributed by atoms with Gasteiger partial charge in [0.1, 0.15) is 11.5 Å². The number of methoxy groups -OCH3 is 2. The molecule has 0 aliphatic rings. The number of carbonyl (C=O) groups is 5. The topological polar surface area (TPSA) is 282 Å². The van der Waals surface area contributed by atoms with Crippen LogP contribution in [0.25, 0.3) is 0 Å². The molecule has 300 valence electrons. The van der Waals surface area contributed by atoms with Crippen molar-refractivity contribution in [2.75, 3.05) is 79.8 Å². The Hall–Kier alpha value is -4.62. The quantitative estimate of drug-likeness (QED) is 0.0488. The van der Waals surface area contributed by atoms with Crippen LogP contribution in [0.2, 0.25) is 0 Å². The molecule has 2 unspecified atom stereocenters. The Kier molecular flexibility index (Phi) is 18.5. The SMILES string of the molecule is COc1ccc(C(C)(CCCOP(=O)(O)OCC(CN(CCN(CC(=O)[O-])CC(=O)O)CC(=O)[OH2+])N(CC(=O)[O-])CC(=O)[O-])c2ccc(OC)cc2)cc1. The van der Waals surface area contributed by atoms with Crippen molar-refractivity contribution in [1.29, 1.82) is 0 Å². The molecule has 2 aromatic rings. The monoisotopic (exact) mass is 783 g/mol. The van der Waals surface area contributed by atoms with Crippen molar-refractivity contribution in [3.63, 3.8) is 0 Å². The van der Waals surface area contributed by atoms with E-state index in [0.717, 1.165) is 20.9 Å². The van der Waals surface area contributed by atoms with Gasteiger partial charge in [-0.1, -0.05) is 31.2 Å². The number of rotatable bonds is 28. The van der Waals surface area contributed by atoms with E-state index in [1.165, 1.54) is 4.90 Å². The van der Waals surface area contributed by atoms with Crippen molar-refractivity contribution in [3.05, 3.63) is 59.7 Å². The zero-order valence-electron chi connectivity index (χ0n) is 30.2. The minimum Gasteiger partial charge on any atom is -0.564 e. The predicted molar refractivity (Wildman–Crippen MR) is 183 cm³/mol. The molecule has 0 aliphatic heterocycles. The fourth-order valence-electron chi connectivity index (χ4n) is 5.72. The molecule has 0 bridgehead atoms. The maximum absolute atomic E-state index is 13.1. The zero-order valence-corrected chi connectivity index (χ0v) is 31.1. The normalized spacial score (nSPS) is 13.4. The van der Waals surface area contributed by atoms with E-state index in [0.29, 0.717) is 17.9 Å². The summed E-state index contributed by atoms with van der Waals surface area (Å²) >= 11 is 0. The molecule has 19 nitrogen and oxygen atoms in total. The van der Waals surface area contributed by atoms with Crippen molar-refractivity contribution in [1.82, 2.24) is 14.7 Å². The van der Waals surface area contributed by atoms with Crippen LogP contribution in [-0.2, 0) is 43.0 Å². The van der Waals surface area contributed by atoms with Gasteiger partial charge in [0, 0.05) is 55.5 Å². The highest BCUT2D eigenvalue weighted by Crippen LogP contribution is 2.44. The summed E-state index contributed by atoms with van der Waals surface area (Å²) in [4.78, 5) is 70.7. The first-order valence-electron chi connectivity index (χ1n) is 16.5. The second kappa shape index (κ2) is 21.9. The lowest BCUT2D eigenvalue weighted by molar-refractivity contribution is -0.311. The maximum atomic E-state index is 13.1. The Balaban J connectivity index is 2.24. The van der Waals surface area contributed by atoms with Gasteiger partial charge < -0.3 is 54.3 Å². The minimum absolute atomic E-state index is 0.242. The van der Waals surface area contributed by atoms with Crippen LogP contribution in [0.3, 0.4) is 0 Å². The van der Waals surface area contributed by atoms with Crippen molar-refractivity contribution in [2.24, 2.45) is 0 Å². The van der Waals surface area contributed by atoms with E-state index in [-0.39, 0.29) is 26.1 Å². The fourth-order valence-corrected chi connectivity index (χ4v) is 6.52. The highest BCUT2D eigenvalue weighted by molar-refractivity contribution is 7.47. The molecular weight excluding hydrogens is 737 g/mol. The van der Waals surface area contributed by atoms with Gasteiger partial charge >= 0.3 is 19.8 Å². The molecule has 54 heavy (non-hydrogen) atoms. The van der Waals surface area contributed by atoms with Crippen LogP contribution in [-0.4, -0.2) is 145 Å². The molecule has 0 heterocycles. The van der Waals surface area contributed by atoms with Crippen LogP contribution in [0.15, 0.2) is 48.5 Å². The van der Waals surface area contributed by atoms with Gasteiger partial charge in [-0.05, 0) is 48.2 Å². The zero-order chi connectivity index (χ0) is 40.5. The predicted octanol–water partition coefficient (Wildman–Crippen LogP) is -3.22. The molecule has 2 atom stereocenters. The van der Waals surface area contributed by atoms with Gasteiger partial charge in [-0.25, -0.2) is 4.57 Å². The second-order valence-electron chi connectivity index (χ2n) is 12.4. The van der Waals surface area contributed by atoms with Gasteiger partial charge in [0.15, 0.2) is 6.54 Å². The van der Waals surface area contributed by atoms with Crippen LogP contribution in [0.1, 0.15) is 30.9 Å². The van der Waals surface area contributed by atoms with E-state index >= 15 is 0 Å². The molecular formula is C34H46N3O16P-2. The van der Waals surface area contributed by atoms with E-state index in [4.69, 9.17) is 28.7 Å². The Bertz CT molecular complexity index is 1510. The average Bonchev–Trinajstić information content (AvgIpc) is 3.09. The summed E-state index contributed by atoms with van der Waals surface area (Å²) in [5, 5.41) is 50.7. The number of hydrogen-bond donors (Lipinski definition) is 2. The second-order valence-corrected chi connectivity index (χ2v) is 13.9. The highest BCUT2D eigenvalue weighted by Gasteiger charge is 2.32. The first-order chi connectivity index (χ1) is 25.4. The van der Waals surface area contributed by atoms with Crippen LogP contribution in [0.5, 0.6) is 11.5 Å². The van der Waals surface area contributed by atoms with Crippen molar-refractivity contribution in [2.45, 2.75) is 31.2 Å². The van der Waals surface area contributed by atoms with Gasteiger partial charge in [0.25, 0.3) is 0 Å². The van der Waals surface area contributed by atoms with Gasteiger partial charge in [0.2, 0.25) is 0 Å². The summed E-state index contributed by atoms with van der Waals surface area (Å²) in [7, 11) is -1.79. The van der Waals surface area contributed by atoms with Crippen molar-refractivity contribution >= 4 is 37.7 Å². The Morgan fingerprint density at radius 3 is 1.69 bits per heavy atom. The number of phosphoric ester groups is 1. The lowest BCUT2D eigenvalue weighted by Crippen LogP contribution is -2.55. The lowest BCUT2D eigenvalue weighted by atomic mass is 9.73. The van der Waals surface area contributed by atoms with Crippen molar-refractivity contribution in [3.8, 4) is 11.5 Å². The number of nitrogens with zero attached hydrogens (tertiary/aromatic N) is 3. The smallest absolute Gasteiger partial charge is 0.530 e. The Morgan fingerprint density at radius 2 is 1.26 bits per heavy atom. The summed E-state index contributed by atoms with van der Waals surface area (Å²) in [6, 6.07) is 13.5. The summed E-state index contributed by atoms with van der Waals surface area (Å²) < 4.78 is 34.1. The molecule has 0 fully saturated rings. The molecule has 0 saturated carbocycles. The van der Waals surface area contributed by atoms with Crippen LogP contribution >= 0.6 is 7.82 Å². The molecule has 2 rings (SSSR count). The molecule has 0 spiro atoms. The Morgan fingerprint density at radius 1 is 0.778 bits per heavy atom.